The SMILES string of the molecule is Cc1nc2c(cc1C(=O)Nc1cccc(NC(=O)C3CC3)c1)c(C)nn2C. The molecule has 1 saturated carbocycles. The van der Waals surface area contributed by atoms with Crippen molar-refractivity contribution in [2.24, 2.45) is 13.0 Å². The van der Waals surface area contributed by atoms with Gasteiger partial charge in [0.2, 0.25) is 5.91 Å². The summed E-state index contributed by atoms with van der Waals surface area (Å²) in [6.45, 7) is 3.70. The molecule has 2 N–H and O–H groups in total. The fourth-order valence-electron chi connectivity index (χ4n) is 3.12. The summed E-state index contributed by atoms with van der Waals surface area (Å²) >= 11 is 0. The van der Waals surface area contributed by atoms with Gasteiger partial charge in [-0.3, -0.25) is 14.3 Å². The van der Waals surface area contributed by atoms with Crippen molar-refractivity contribution < 1.29 is 9.59 Å². The number of aromatic nitrogens is 3. The van der Waals surface area contributed by atoms with E-state index < -0.39 is 0 Å². The van der Waals surface area contributed by atoms with Crippen molar-refractivity contribution >= 4 is 34.2 Å². The van der Waals surface area contributed by atoms with Crippen molar-refractivity contribution in [1.29, 1.82) is 0 Å². The topological polar surface area (TPSA) is 88.9 Å². The zero-order chi connectivity index (χ0) is 19.1. The summed E-state index contributed by atoms with van der Waals surface area (Å²) in [5.74, 6) is -0.0710. The van der Waals surface area contributed by atoms with Gasteiger partial charge in [-0.05, 0) is 51.0 Å². The van der Waals surface area contributed by atoms with Crippen LogP contribution in [0.5, 0.6) is 0 Å². The Kier molecular flexibility index (Phi) is 4.14. The highest BCUT2D eigenvalue weighted by molar-refractivity contribution is 6.07. The first-order valence-corrected chi connectivity index (χ1v) is 8.95. The standard InChI is InChI=1S/C20H21N5O2/c1-11-17(10-16-12(2)24-25(3)18(16)21-11)20(27)23-15-6-4-5-14(9-15)22-19(26)13-7-8-13/h4-6,9-10,13H,7-8H2,1-3H3,(H,22,26)(H,23,27). The Morgan fingerprint density at radius 1 is 1.07 bits per heavy atom. The van der Waals surface area contributed by atoms with Gasteiger partial charge in [0.25, 0.3) is 5.91 Å². The maximum absolute atomic E-state index is 12.8. The monoisotopic (exact) mass is 363 g/mol. The van der Waals surface area contributed by atoms with Gasteiger partial charge < -0.3 is 10.6 Å². The minimum atomic E-state index is -0.240. The first-order valence-electron chi connectivity index (χ1n) is 8.95. The molecule has 7 heteroatoms. The van der Waals surface area contributed by atoms with E-state index in [9.17, 15) is 9.59 Å². The second-order valence-electron chi connectivity index (χ2n) is 7.00. The number of amides is 2. The molecule has 0 spiro atoms. The van der Waals surface area contributed by atoms with Gasteiger partial charge in [-0.2, -0.15) is 5.10 Å². The van der Waals surface area contributed by atoms with Crippen LogP contribution in [0.15, 0.2) is 30.3 Å². The summed E-state index contributed by atoms with van der Waals surface area (Å²) in [4.78, 5) is 29.2. The lowest BCUT2D eigenvalue weighted by Crippen LogP contribution is -2.16. The largest absolute Gasteiger partial charge is 0.326 e. The number of nitrogens with one attached hydrogen (secondary N) is 2. The molecule has 1 fully saturated rings. The maximum Gasteiger partial charge on any atom is 0.257 e. The van der Waals surface area contributed by atoms with E-state index in [-0.39, 0.29) is 17.7 Å². The van der Waals surface area contributed by atoms with Crippen LogP contribution < -0.4 is 10.6 Å². The number of pyridine rings is 1. The molecular formula is C20H21N5O2. The number of rotatable bonds is 4. The van der Waals surface area contributed by atoms with E-state index in [4.69, 9.17) is 0 Å². The van der Waals surface area contributed by atoms with Crippen LogP contribution in [0.3, 0.4) is 0 Å². The maximum atomic E-state index is 12.8. The summed E-state index contributed by atoms with van der Waals surface area (Å²) in [6.07, 6.45) is 1.90. The second kappa shape index (κ2) is 6.50. The van der Waals surface area contributed by atoms with Gasteiger partial charge in [0, 0.05) is 29.7 Å². The minimum Gasteiger partial charge on any atom is -0.326 e. The molecule has 0 bridgehead atoms. The minimum absolute atomic E-state index is 0.0380. The predicted octanol–water partition coefficient (Wildman–Crippen LogP) is 3.19. The summed E-state index contributed by atoms with van der Waals surface area (Å²) < 4.78 is 1.71. The lowest BCUT2D eigenvalue weighted by molar-refractivity contribution is -0.117. The van der Waals surface area contributed by atoms with Crippen LogP contribution in [0.25, 0.3) is 11.0 Å². The fraction of sp³-hybridized carbons (Fsp3) is 0.300. The molecule has 1 aliphatic carbocycles. The summed E-state index contributed by atoms with van der Waals surface area (Å²) in [7, 11) is 1.84. The number of anilines is 2. The third-order valence-corrected chi connectivity index (χ3v) is 4.77. The van der Waals surface area contributed by atoms with Crippen molar-refractivity contribution in [3.05, 3.63) is 47.3 Å². The molecule has 0 saturated heterocycles. The second-order valence-corrected chi connectivity index (χ2v) is 7.00. The first kappa shape index (κ1) is 17.2. The van der Waals surface area contributed by atoms with Crippen LogP contribution in [0, 0.1) is 19.8 Å². The molecule has 1 aliphatic rings. The van der Waals surface area contributed by atoms with E-state index >= 15 is 0 Å². The molecule has 138 valence electrons. The number of carbonyl (C=O) groups is 2. The average Bonchev–Trinajstić information content (AvgIpc) is 3.42. The van der Waals surface area contributed by atoms with Crippen LogP contribution in [0.2, 0.25) is 0 Å². The Balaban J connectivity index is 1.57. The molecule has 2 amide bonds. The van der Waals surface area contributed by atoms with Gasteiger partial charge in [-0.1, -0.05) is 6.07 Å². The van der Waals surface area contributed by atoms with Crippen molar-refractivity contribution in [3.8, 4) is 0 Å². The Labute approximate surface area is 156 Å². The van der Waals surface area contributed by atoms with Gasteiger partial charge in [0.1, 0.15) is 0 Å². The number of benzene rings is 1. The van der Waals surface area contributed by atoms with Crippen LogP contribution in [0.4, 0.5) is 11.4 Å². The quantitative estimate of drug-likeness (QED) is 0.745. The Hall–Kier alpha value is -3.22. The van der Waals surface area contributed by atoms with Crippen LogP contribution in [-0.2, 0) is 11.8 Å². The van der Waals surface area contributed by atoms with Crippen molar-refractivity contribution in [1.82, 2.24) is 14.8 Å². The molecule has 27 heavy (non-hydrogen) atoms. The number of nitrogens with zero attached hydrogens (tertiary/aromatic N) is 3. The molecule has 1 aromatic carbocycles. The zero-order valence-electron chi connectivity index (χ0n) is 15.5. The van der Waals surface area contributed by atoms with Crippen molar-refractivity contribution in [3.63, 3.8) is 0 Å². The smallest absolute Gasteiger partial charge is 0.257 e. The fourth-order valence-corrected chi connectivity index (χ4v) is 3.12. The summed E-state index contributed by atoms with van der Waals surface area (Å²) in [6, 6.07) is 9.00. The predicted molar refractivity (Wildman–Crippen MR) is 104 cm³/mol. The van der Waals surface area contributed by atoms with Gasteiger partial charge in [0.05, 0.1) is 17.0 Å². The lowest BCUT2D eigenvalue weighted by atomic mass is 10.1. The summed E-state index contributed by atoms with van der Waals surface area (Å²) in [5, 5.41) is 11.0. The molecule has 0 unspecified atom stereocenters. The van der Waals surface area contributed by atoms with E-state index in [1.807, 2.05) is 33.0 Å². The highest BCUT2D eigenvalue weighted by atomic mass is 16.2. The van der Waals surface area contributed by atoms with E-state index in [2.05, 4.69) is 20.7 Å². The Morgan fingerprint density at radius 3 is 2.48 bits per heavy atom. The van der Waals surface area contributed by atoms with Gasteiger partial charge in [-0.15, -0.1) is 0 Å². The van der Waals surface area contributed by atoms with Gasteiger partial charge in [0.15, 0.2) is 5.65 Å². The van der Waals surface area contributed by atoms with E-state index in [0.29, 0.717) is 22.6 Å². The van der Waals surface area contributed by atoms with Gasteiger partial charge in [-0.25, -0.2) is 4.98 Å². The Bertz CT molecular complexity index is 1070. The zero-order valence-corrected chi connectivity index (χ0v) is 15.5. The third kappa shape index (κ3) is 3.40. The number of carbonyl (C=O) groups excluding carboxylic acids is 2. The molecule has 3 aromatic rings. The van der Waals surface area contributed by atoms with Crippen LogP contribution >= 0.6 is 0 Å². The lowest BCUT2D eigenvalue weighted by Gasteiger charge is -2.10. The highest BCUT2D eigenvalue weighted by Gasteiger charge is 2.29. The van der Waals surface area contributed by atoms with E-state index in [1.54, 1.807) is 22.9 Å². The molecule has 2 aromatic heterocycles. The molecule has 4 rings (SSSR count). The molecular weight excluding hydrogens is 342 g/mol. The number of hydrogen-bond donors (Lipinski definition) is 2. The van der Waals surface area contributed by atoms with Crippen LogP contribution in [0.1, 0.15) is 34.6 Å². The summed E-state index contributed by atoms with van der Waals surface area (Å²) in [5.41, 5.74) is 4.03. The Morgan fingerprint density at radius 2 is 1.78 bits per heavy atom. The third-order valence-electron chi connectivity index (χ3n) is 4.77. The molecule has 0 atom stereocenters. The van der Waals surface area contributed by atoms with Crippen molar-refractivity contribution in [2.75, 3.05) is 10.6 Å². The average molecular weight is 363 g/mol. The number of fused-ring (bicyclic) bond motifs is 1. The van der Waals surface area contributed by atoms with Crippen molar-refractivity contribution in [2.45, 2.75) is 26.7 Å². The normalized spacial score (nSPS) is 13.6. The number of aryl methyl sites for hydroxylation is 3. The number of hydrogen-bond acceptors (Lipinski definition) is 4. The molecule has 0 radical (unpaired) electrons. The van der Waals surface area contributed by atoms with E-state index in [1.165, 1.54) is 0 Å². The molecule has 7 nitrogen and oxygen atoms in total. The highest BCUT2D eigenvalue weighted by Crippen LogP contribution is 2.30. The molecule has 0 aliphatic heterocycles. The van der Waals surface area contributed by atoms with Gasteiger partial charge >= 0.3 is 0 Å². The first-order chi connectivity index (χ1) is 12.9. The van der Waals surface area contributed by atoms with E-state index in [0.717, 1.165) is 29.6 Å². The van der Waals surface area contributed by atoms with Crippen LogP contribution in [-0.4, -0.2) is 26.6 Å². The molecule has 2 heterocycles.